The standard InChI is InChI=1S/C24H27N7O2/c25-23(32)21-22(18-6-8-20(9-7-18)30-12-10-26-11-13-30)33-24(29-21)28-19-14-27-31(16-19)15-17-4-2-1-3-5-17/h1-9,14,19,26H,10-13,15-16H2,(H2,25,32)(H,28,29). The van der Waals surface area contributed by atoms with Crippen molar-refractivity contribution >= 4 is 23.8 Å². The Morgan fingerprint density at radius 1 is 1.12 bits per heavy atom. The van der Waals surface area contributed by atoms with E-state index in [-0.39, 0.29) is 17.8 Å². The van der Waals surface area contributed by atoms with Crippen LogP contribution in [-0.2, 0) is 6.54 Å². The van der Waals surface area contributed by atoms with Crippen LogP contribution in [0.2, 0.25) is 0 Å². The molecule has 3 heterocycles. The molecule has 2 aliphatic rings. The molecule has 0 aliphatic carbocycles. The van der Waals surface area contributed by atoms with Gasteiger partial charge in [0, 0.05) is 43.6 Å². The lowest BCUT2D eigenvalue weighted by Crippen LogP contribution is -2.43. The number of hydrogen-bond donors (Lipinski definition) is 3. The third-order valence-corrected chi connectivity index (χ3v) is 5.81. The minimum Gasteiger partial charge on any atom is -0.423 e. The van der Waals surface area contributed by atoms with Crippen LogP contribution in [0.4, 0.5) is 11.7 Å². The largest absolute Gasteiger partial charge is 0.423 e. The van der Waals surface area contributed by atoms with Gasteiger partial charge in [-0.15, -0.1) is 0 Å². The van der Waals surface area contributed by atoms with Gasteiger partial charge in [0.15, 0.2) is 11.5 Å². The lowest BCUT2D eigenvalue weighted by molar-refractivity contribution is 0.0996. The third-order valence-electron chi connectivity index (χ3n) is 5.81. The lowest BCUT2D eigenvalue weighted by Gasteiger charge is -2.29. The van der Waals surface area contributed by atoms with Crippen molar-refractivity contribution in [1.29, 1.82) is 0 Å². The number of hydrazone groups is 1. The summed E-state index contributed by atoms with van der Waals surface area (Å²) in [7, 11) is 0. The Kier molecular flexibility index (Phi) is 5.95. The Morgan fingerprint density at radius 2 is 1.88 bits per heavy atom. The number of primary amides is 1. The predicted octanol–water partition coefficient (Wildman–Crippen LogP) is 2.13. The van der Waals surface area contributed by atoms with Crippen molar-refractivity contribution in [2.24, 2.45) is 10.8 Å². The van der Waals surface area contributed by atoms with Crippen molar-refractivity contribution in [2.75, 3.05) is 42.9 Å². The molecule has 0 radical (unpaired) electrons. The predicted molar refractivity (Wildman–Crippen MR) is 128 cm³/mol. The van der Waals surface area contributed by atoms with Gasteiger partial charge in [-0.25, -0.2) is 0 Å². The van der Waals surface area contributed by atoms with E-state index in [2.05, 4.69) is 37.8 Å². The van der Waals surface area contributed by atoms with Crippen LogP contribution in [0.25, 0.3) is 11.3 Å². The molecule has 1 unspecified atom stereocenters. The third kappa shape index (κ3) is 4.83. The van der Waals surface area contributed by atoms with E-state index in [1.807, 2.05) is 53.7 Å². The van der Waals surface area contributed by atoms with Crippen molar-refractivity contribution in [3.8, 4) is 11.3 Å². The summed E-state index contributed by atoms with van der Waals surface area (Å²) in [6.45, 7) is 5.26. The first kappa shape index (κ1) is 21.0. The van der Waals surface area contributed by atoms with Crippen LogP contribution in [0.5, 0.6) is 0 Å². The highest BCUT2D eigenvalue weighted by Gasteiger charge is 2.24. The molecule has 1 saturated heterocycles. The molecule has 4 N–H and O–H groups in total. The fraction of sp³-hybridized carbons (Fsp3) is 0.292. The number of nitrogens with one attached hydrogen (secondary N) is 2. The summed E-state index contributed by atoms with van der Waals surface area (Å²) in [6, 6.07) is 18.3. The van der Waals surface area contributed by atoms with E-state index < -0.39 is 5.91 Å². The Balaban J connectivity index is 1.27. The van der Waals surface area contributed by atoms with Crippen LogP contribution < -0.4 is 21.3 Å². The average molecular weight is 446 g/mol. The van der Waals surface area contributed by atoms with E-state index in [0.717, 1.165) is 44.0 Å². The van der Waals surface area contributed by atoms with E-state index in [0.29, 0.717) is 12.3 Å². The molecule has 1 fully saturated rings. The summed E-state index contributed by atoms with van der Waals surface area (Å²) in [6.07, 6.45) is 1.82. The average Bonchev–Trinajstić information content (AvgIpc) is 3.48. The molecule has 9 heteroatoms. The van der Waals surface area contributed by atoms with Gasteiger partial charge in [0.2, 0.25) is 0 Å². The highest BCUT2D eigenvalue weighted by Crippen LogP contribution is 2.29. The summed E-state index contributed by atoms with van der Waals surface area (Å²) in [5, 5.41) is 13.0. The first-order valence-corrected chi connectivity index (χ1v) is 11.1. The Bertz CT molecular complexity index is 1120. The van der Waals surface area contributed by atoms with Gasteiger partial charge in [-0.05, 0) is 29.8 Å². The zero-order chi connectivity index (χ0) is 22.6. The molecule has 0 bridgehead atoms. The normalized spacial score (nSPS) is 18.0. The van der Waals surface area contributed by atoms with Crippen LogP contribution >= 0.6 is 0 Å². The number of carbonyl (C=O) groups is 1. The smallest absolute Gasteiger partial charge is 0.296 e. The van der Waals surface area contributed by atoms with Gasteiger partial charge in [-0.3, -0.25) is 9.80 Å². The quantitative estimate of drug-likeness (QED) is 0.511. The number of hydrogen-bond acceptors (Lipinski definition) is 8. The van der Waals surface area contributed by atoms with Crippen molar-refractivity contribution in [1.82, 2.24) is 15.3 Å². The molecule has 0 spiro atoms. The molecule has 0 saturated carbocycles. The molecule has 2 aliphatic heterocycles. The van der Waals surface area contributed by atoms with E-state index in [1.165, 1.54) is 5.56 Å². The summed E-state index contributed by atoms with van der Waals surface area (Å²) in [4.78, 5) is 18.7. The first-order chi connectivity index (χ1) is 16.2. The van der Waals surface area contributed by atoms with Gasteiger partial charge in [0.05, 0.1) is 19.1 Å². The molecule has 9 nitrogen and oxygen atoms in total. The zero-order valence-electron chi connectivity index (χ0n) is 18.3. The Hall–Kier alpha value is -3.85. The van der Waals surface area contributed by atoms with Gasteiger partial charge in [-0.1, -0.05) is 30.3 Å². The monoisotopic (exact) mass is 445 g/mol. The van der Waals surface area contributed by atoms with Crippen molar-refractivity contribution in [2.45, 2.75) is 12.6 Å². The summed E-state index contributed by atoms with van der Waals surface area (Å²) >= 11 is 0. The minimum absolute atomic E-state index is 0.0870. The van der Waals surface area contributed by atoms with Crippen molar-refractivity contribution in [3.63, 3.8) is 0 Å². The zero-order valence-corrected chi connectivity index (χ0v) is 18.3. The number of oxazole rings is 1. The SMILES string of the molecule is NC(=O)c1nc(NC2C=NN(Cc3ccccc3)C2)oc1-c1ccc(N2CCNCC2)cc1. The molecular formula is C24H27N7O2. The molecule has 1 aromatic heterocycles. The second-order valence-corrected chi connectivity index (χ2v) is 8.19. The summed E-state index contributed by atoms with van der Waals surface area (Å²) in [5.41, 5.74) is 8.79. The molecular weight excluding hydrogens is 418 g/mol. The highest BCUT2D eigenvalue weighted by molar-refractivity contribution is 5.97. The molecule has 1 amide bonds. The van der Waals surface area contributed by atoms with Gasteiger partial charge in [0.1, 0.15) is 0 Å². The second-order valence-electron chi connectivity index (χ2n) is 8.19. The van der Waals surface area contributed by atoms with E-state index in [9.17, 15) is 4.79 Å². The number of piperazine rings is 1. The number of nitrogens with zero attached hydrogens (tertiary/aromatic N) is 4. The van der Waals surface area contributed by atoms with E-state index in [1.54, 1.807) is 0 Å². The number of anilines is 2. The topological polar surface area (TPSA) is 112 Å². The second kappa shape index (κ2) is 9.33. The maximum Gasteiger partial charge on any atom is 0.296 e. The summed E-state index contributed by atoms with van der Waals surface area (Å²) < 4.78 is 5.94. The molecule has 170 valence electrons. The van der Waals surface area contributed by atoms with Crippen LogP contribution in [-0.4, -0.2) is 60.9 Å². The molecule has 1 atom stereocenters. The maximum absolute atomic E-state index is 12.0. The molecule has 3 aromatic rings. The molecule has 5 rings (SSSR count). The molecule has 33 heavy (non-hydrogen) atoms. The number of benzene rings is 2. The van der Waals surface area contributed by atoms with Crippen molar-refractivity contribution in [3.05, 3.63) is 65.9 Å². The number of nitrogens with two attached hydrogens (primary N) is 1. The Labute approximate surface area is 192 Å². The van der Waals surface area contributed by atoms with Gasteiger partial charge >= 0.3 is 0 Å². The fourth-order valence-corrected chi connectivity index (χ4v) is 4.13. The minimum atomic E-state index is -0.626. The van der Waals surface area contributed by atoms with Gasteiger partial charge in [0.25, 0.3) is 11.9 Å². The van der Waals surface area contributed by atoms with Crippen LogP contribution in [0.1, 0.15) is 16.1 Å². The van der Waals surface area contributed by atoms with Crippen LogP contribution in [0, 0.1) is 0 Å². The fourth-order valence-electron chi connectivity index (χ4n) is 4.13. The number of carbonyl (C=O) groups excluding carboxylic acids is 1. The number of amides is 1. The lowest BCUT2D eigenvalue weighted by atomic mass is 10.1. The highest BCUT2D eigenvalue weighted by atomic mass is 16.4. The summed E-state index contributed by atoms with van der Waals surface area (Å²) in [5.74, 6) is -0.258. The molecule has 2 aromatic carbocycles. The van der Waals surface area contributed by atoms with Crippen molar-refractivity contribution < 1.29 is 9.21 Å². The van der Waals surface area contributed by atoms with Gasteiger partial charge < -0.3 is 25.7 Å². The number of rotatable bonds is 7. The van der Waals surface area contributed by atoms with Gasteiger partial charge in [-0.2, -0.15) is 10.1 Å². The maximum atomic E-state index is 12.0. The van der Waals surface area contributed by atoms with E-state index in [4.69, 9.17) is 10.2 Å². The van der Waals surface area contributed by atoms with Crippen LogP contribution in [0.3, 0.4) is 0 Å². The van der Waals surface area contributed by atoms with E-state index >= 15 is 0 Å². The number of aromatic nitrogens is 1. The van der Waals surface area contributed by atoms with Crippen LogP contribution in [0.15, 0.2) is 64.1 Å². The first-order valence-electron chi connectivity index (χ1n) is 11.1. The Morgan fingerprint density at radius 3 is 2.61 bits per heavy atom.